The van der Waals surface area contributed by atoms with Gasteiger partial charge in [0.15, 0.2) is 0 Å². The Hall–Kier alpha value is -0.160. The second kappa shape index (κ2) is 3.92. The van der Waals surface area contributed by atoms with Gasteiger partial charge in [0.05, 0.1) is 18.8 Å². The Morgan fingerprint density at radius 2 is 2.31 bits per heavy atom. The van der Waals surface area contributed by atoms with Crippen molar-refractivity contribution >= 4 is 0 Å². The van der Waals surface area contributed by atoms with Gasteiger partial charge < -0.3 is 15.2 Å². The molecule has 3 atom stereocenters. The molecule has 0 spiro atoms. The molecule has 2 N–H and O–H groups in total. The van der Waals surface area contributed by atoms with E-state index in [0.717, 1.165) is 32.8 Å². The number of aliphatic hydroxyl groups excluding tert-OH is 1. The summed E-state index contributed by atoms with van der Waals surface area (Å²) in [7, 11) is 0. The first-order chi connectivity index (χ1) is 6.27. The van der Waals surface area contributed by atoms with Gasteiger partial charge >= 0.3 is 0 Å². The third-order valence-corrected chi connectivity index (χ3v) is 2.89. The molecule has 2 fully saturated rings. The summed E-state index contributed by atoms with van der Waals surface area (Å²) in [4.78, 5) is 2.33. The van der Waals surface area contributed by atoms with Crippen LogP contribution in [0.2, 0.25) is 0 Å². The molecule has 4 nitrogen and oxygen atoms in total. The summed E-state index contributed by atoms with van der Waals surface area (Å²) >= 11 is 0. The number of nitrogens with one attached hydrogen (secondary N) is 1. The van der Waals surface area contributed by atoms with Crippen LogP contribution < -0.4 is 5.32 Å². The number of ether oxygens (including phenoxy) is 1. The number of hydrogen-bond donors (Lipinski definition) is 2. The molecule has 2 heterocycles. The lowest BCUT2D eigenvalue weighted by molar-refractivity contribution is -0.0472. The first-order valence-electron chi connectivity index (χ1n) is 5.02. The Balaban J connectivity index is 1.91. The van der Waals surface area contributed by atoms with Crippen LogP contribution in [0, 0.1) is 0 Å². The summed E-state index contributed by atoms with van der Waals surface area (Å²) in [6.45, 7) is 6.42. The molecule has 76 valence electrons. The van der Waals surface area contributed by atoms with E-state index >= 15 is 0 Å². The number of rotatable bonds is 1. The zero-order chi connectivity index (χ0) is 9.26. The number of nitrogens with zero attached hydrogens (tertiary/aromatic N) is 1. The highest BCUT2D eigenvalue weighted by molar-refractivity contribution is 4.90. The smallest absolute Gasteiger partial charge is 0.0831 e. The van der Waals surface area contributed by atoms with Crippen molar-refractivity contribution in [2.75, 3.05) is 32.8 Å². The Labute approximate surface area is 78.9 Å². The molecule has 0 amide bonds. The maximum absolute atomic E-state index is 9.68. The van der Waals surface area contributed by atoms with Crippen LogP contribution in [-0.2, 0) is 4.74 Å². The fourth-order valence-corrected chi connectivity index (χ4v) is 2.17. The summed E-state index contributed by atoms with van der Waals surface area (Å²) in [6, 6.07) is 0.298. The predicted octanol–water partition coefficient (Wildman–Crippen LogP) is -0.960. The molecule has 0 aromatic heterocycles. The molecule has 0 saturated carbocycles. The lowest BCUT2D eigenvalue weighted by Crippen LogP contribution is -2.51. The van der Waals surface area contributed by atoms with Crippen LogP contribution >= 0.6 is 0 Å². The zero-order valence-electron chi connectivity index (χ0n) is 8.07. The normalized spacial score (nSPS) is 42.5. The Morgan fingerprint density at radius 1 is 1.46 bits per heavy atom. The fraction of sp³-hybridized carbons (Fsp3) is 1.00. The highest BCUT2D eigenvalue weighted by atomic mass is 16.5. The maximum atomic E-state index is 9.68. The van der Waals surface area contributed by atoms with Crippen molar-refractivity contribution in [3.63, 3.8) is 0 Å². The van der Waals surface area contributed by atoms with Crippen molar-refractivity contribution in [3.8, 4) is 0 Å². The van der Waals surface area contributed by atoms with Crippen LogP contribution in [0.5, 0.6) is 0 Å². The van der Waals surface area contributed by atoms with Crippen LogP contribution in [-0.4, -0.2) is 61.0 Å². The lowest BCUT2D eigenvalue weighted by atomic mass is 10.1. The van der Waals surface area contributed by atoms with Crippen LogP contribution in [0.25, 0.3) is 0 Å². The predicted molar refractivity (Wildman–Crippen MR) is 49.7 cm³/mol. The van der Waals surface area contributed by atoms with Gasteiger partial charge in [-0.2, -0.15) is 0 Å². The standard InChI is InChI=1S/C9H18N2O2/c1-7-6-11(2-3-13-7)8-4-10-5-9(8)12/h7-10,12H,2-6H2,1H3. The second-order valence-corrected chi connectivity index (χ2v) is 3.97. The summed E-state index contributed by atoms with van der Waals surface area (Å²) in [6.07, 6.45) is 0.104. The van der Waals surface area contributed by atoms with Gasteiger partial charge in [0.25, 0.3) is 0 Å². The van der Waals surface area contributed by atoms with E-state index in [1.807, 2.05) is 0 Å². The van der Waals surface area contributed by atoms with E-state index in [4.69, 9.17) is 4.74 Å². The fourth-order valence-electron chi connectivity index (χ4n) is 2.17. The van der Waals surface area contributed by atoms with E-state index in [2.05, 4.69) is 17.1 Å². The maximum Gasteiger partial charge on any atom is 0.0831 e. The monoisotopic (exact) mass is 186 g/mol. The van der Waals surface area contributed by atoms with Gasteiger partial charge in [0.1, 0.15) is 0 Å². The minimum Gasteiger partial charge on any atom is -0.390 e. The third kappa shape index (κ3) is 2.02. The molecular weight excluding hydrogens is 168 g/mol. The highest BCUT2D eigenvalue weighted by Gasteiger charge is 2.32. The minimum absolute atomic E-state index is 0.203. The summed E-state index contributed by atoms with van der Waals surface area (Å²) < 4.78 is 5.46. The molecule has 0 aromatic rings. The molecule has 0 aliphatic carbocycles. The third-order valence-electron chi connectivity index (χ3n) is 2.89. The molecule has 13 heavy (non-hydrogen) atoms. The Morgan fingerprint density at radius 3 is 2.92 bits per heavy atom. The molecule has 0 bridgehead atoms. The van der Waals surface area contributed by atoms with Gasteiger partial charge in [-0.25, -0.2) is 0 Å². The van der Waals surface area contributed by atoms with Crippen molar-refractivity contribution in [3.05, 3.63) is 0 Å². The van der Waals surface area contributed by atoms with Gasteiger partial charge in [0.2, 0.25) is 0 Å². The number of β-amino-alcohol motifs (C(OH)–C–C–N with tert-alkyl or cyclic N) is 1. The Bertz CT molecular complexity index is 177. The molecule has 3 unspecified atom stereocenters. The molecule has 0 aromatic carbocycles. The van der Waals surface area contributed by atoms with E-state index in [1.54, 1.807) is 0 Å². The molecule has 2 saturated heterocycles. The Kier molecular flexibility index (Phi) is 2.83. The second-order valence-electron chi connectivity index (χ2n) is 3.97. The number of morpholine rings is 1. The minimum atomic E-state index is -0.203. The molecule has 0 radical (unpaired) electrons. The van der Waals surface area contributed by atoms with Gasteiger partial charge in [-0.05, 0) is 6.92 Å². The average molecular weight is 186 g/mol. The first kappa shape index (κ1) is 9.40. The van der Waals surface area contributed by atoms with E-state index in [1.165, 1.54) is 0 Å². The molecular formula is C9H18N2O2. The van der Waals surface area contributed by atoms with E-state index in [0.29, 0.717) is 12.1 Å². The quantitative estimate of drug-likeness (QED) is 0.553. The van der Waals surface area contributed by atoms with Crippen LogP contribution in [0.3, 0.4) is 0 Å². The van der Waals surface area contributed by atoms with Crippen LogP contribution in [0.15, 0.2) is 0 Å². The van der Waals surface area contributed by atoms with E-state index in [-0.39, 0.29) is 6.10 Å². The van der Waals surface area contributed by atoms with Crippen molar-refractivity contribution in [1.29, 1.82) is 0 Å². The van der Waals surface area contributed by atoms with Crippen molar-refractivity contribution in [1.82, 2.24) is 10.2 Å². The highest BCUT2D eigenvalue weighted by Crippen LogP contribution is 2.13. The first-order valence-corrected chi connectivity index (χ1v) is 5.02. The number of aliphatic hydroxyl groups is 1. The van der Waals surface area contributed by atoms with E-state index < -0.39 is 0 Å². The van der Waals surface area contributed by atoms with Crippen molar-refractivity contribution in [2.45, 2.75) is 25.2 Å². The molecule has 4 heteroatoms. The van der Waals surface area contributed by atoms with Crippen LogP contribution in [0.1, 0.15) is 6.92 Å². The zero-order valence-corrected chi connectivity index (χ0v) is 8.07. The molecule has 2 aliphatic rings. The van der Waals surface area contributed by atoms with E-state index in [9.17, 15) is 5.11 Å². The molecule has 2 aliphatic heterocycles. The SMILES string of the molecule is CC1CN(C2CNCC2O)CCO1. The van der Waals surface area contributed by atoms with Crippen molar-refractivity contribution < 1.29 is 9.84 Å². The van der Waals surface area contributed by atoms with Gasteiger partial charge in [-0.3, -0.25) is 4.90 Å². The average Bonchev–Trinajstić information content (AvgIpc) is 2.51. The van der Waals surface area contributed by atoms with Crippen molar-refractivity contribution in [2.24, 2.45) is 0 Å². The summed E-state index contributed by atoms with van der Waals surface area (Å²) in [5, 5.41) is 12.9. The van der Waals surface area contributed by atoms with Crippen LogP contribution in [0.4, 0.5) is 0 Å². The summed E-state index contributed by atoms with van der Waals surface area (Å²) in [5.74, 6) is 0. The largest absolute Gasteiger partial charge is 0.390 e. The lowest BCUT2D eigenvalue weighted by Gasteiger charge is -2.36. The van der Waals surface area contributed by atoms with Gasteiger partial charge in [0, 0.05) is 32.2 Å². The van der Waals surface area contributed by atoms with Gasteiger partial charge in [-0.1, -0.05) is 0 Å². The topological polar surface area (TPSA) is 44.7 Å². The van der Waals surface area contributed by atoms with Gasteiger partial charge in [-0.15, -0.1) is 0 Å². The summed E-state index contributed by atoms with van der Waals surface area (Å²) in [5.41, 5.74) is 0. The number of hydrogen-bond acceptors (Lipinski definition) is 4. The molecule has 2 rings (SSSR count).